The quantitative estimate of drug-likeness (QED) is 0.0215. The fourth-order valence-electron chi connectivity index (χ4n) is 9.61. The van der Waals surface area contributed by atoms with Crippen molar-refractivity contribution in [1.29, 1.82) is 0 Å². The normalized spacial score (nSPS) is 20.4. The molecule has 1 saturated heterocycles. The summed E-state index contributed by atoms with van der Waals surface area (Å²) in [5.41, 5.74) is 0. The maximum atomic E-state index is 13.2. The topological polar surface area (TPSA) is 189 Å². The summed E-state index contributed by atoms with van der Waals surface area (Å²) in [7, 11) is 0. The van der Waals surface area contributed by atoms with Gasteiger partial charge in [-0.05, 0) is 64.2 Å². The Morgan fingerprint density at radius 1 is 0.486 bits per heavy atom. The minimum atomic E-state index is -1.67. The molecule has 0 bridgehead atoms. The van der Waals surface area contributed by atoms with E-state index in [1.807, 2.05) is 0 Å². The first kappa shape index (κ1) is 66.6. The van der Waals surface area contributed by atoms with Crippen molar-refractivity contribution in [2.24, 2.45) is 0 Å². The van der Waals surface area contributed by atoms with Crippen molar-refractivity contribution in [2.75, 3.05) is 13.2 Å². The third-order valence-electron chi connectivity index (χ3n) is 14.5. The second-order valence-corrected chi connectivity index (χ2v) is 21.1. The molecule has 11 heteroatoms. The van der Waals surface area contributed by atoms with Crippen molar-refractivity contribution in [3.63, 3.8) is 0 Å². The average molecular weight is 997 g/mol. The highest BCUT2D eigenvalue weighted by Crippen LogP contribution is 2.23. The molecular weight excluding hydrogens is 883 g/mol. The molecule has 1 aliphatic rings. The van der Waals surface area contributed by atoms with Crippen LogP contribution < -0.4 is 5.32 Å². The van der Waals surface area contributed by atoms with Crippen LogP contribution in [0.1, 0.15) is 277 Å². The average Bonchev–Trinajstić information content (AvgIpc) is 3.36. The van der Waals surface area contributed by atoms with E-state index in [0.29, 0.717) is 12.8 Å². The molecule has 9 unspecified atom stereocenters. The summed E-state index contributed by atoms with van der Waals surface area (Å²) >= 11 is 0. The van der Waals surface area contributed by atoms with Crippen molar-refractivity contribution in [3.8, 4) is 0 Å². The van der Waals surface area contributed by atoms with Crippen molar-refractivity contribution < 1.29 is 50.0 Å². The molecule has 0 aromatic heterocycles. The van der Waals surface area contributed by atoms with Crippen LogP contribution in [0.15, 0.2) is 24.3 Å². The van der Waals surface area contributed by atoms with Gasteiger partial charge in [0.05, 0.1) is 25.4 Å². The Bertz CT molecular complexity index is 1190. The van der Waals surface area contributed by atoms with E-state index in [1.54, 1.807) is 0 Å². The van der Waals surface area contributed by atoms with Crippen LogP contribution in [0.5, 0.6) is 0 Å². The van der Waals surface area contributed by atoms with Gasteiger partial charge in [0.1, 0.15) is 36.6 Å². The van der Waals surface area contributed by atoms with E-state index in [1.165, 1.54) is 199 Å². The van der Waals surface area contributed by atoms with Crippen LogP contribution in [0.3, 0.4) is 0 Å². The maximum absolute atomic E-state index is 13.2. The second-order valence-electron chi connectivity index (χ2n) is 21.1. The number of amides is 1. The zero-order valence-electron chi connectivity index (χ0n) is 45.3. The number of carbonyl (C=O) groups is 1. The molecule has 0 aromatic carbocycles. The van der Waals surface area contributed by atoms with E-state index in [9.17, 15) is 40.5 Å². The highest BCUT2D eigenvalue weighted by atomic mass is 16.7. The first-order chi connectivity index (χ1) is 34.2. The monoisotopic (exact) mass is 996 g/mol. The fourth-order valence-corrected chi connectivity index (χ4v) is 9.61. The molecule has 70 heavy (non-hydrogen) atoms. The van der Waals surface area contributed by atoms with Gasteiger partial charge in [-0.1, -0.05) is 237 Å². The second kappa shape index (κ2) is 48.5. The molecule has 0 saturated carbocycles. The molecule has 0 aromatic rings. The predicted molar refractivity (Wildman–Crippen MR) is 289 cm³/mol. The molecule has 0 radical (unpaired) electrons. The van der Waals surface area contributed by atoms with E-state index in [4.69, 9.17) is 9.47 Å². The lowest BCUT2D eigenvalue weighted by molar-refractivity contribution is -0.303. The smallest absolute Gasteiger partial charge is 0.249 e. The lowest BCUT2D eigenvalue weighted by atomic mass is 9.98. The van der Waals surface area contributed by atoms with Crippen LogP contribution in [-0.4, -0.2) is 110 Å². The predicted octanol–water partition coefficient (Wildman–Crippen LogP) is 12.5. The van der Waals surface area contributed by atoms with Gasteiger partial charge < -0.3 is 50.5 Å². The minimum Gasteiger partial charge on any atom is -0.394 e. The van der Waals surface area contributed by atoms with E-state index in [2.05, 4.69) is 43.5 Å². The zero-order chi connectivity index (χ0) is 51.1. The fraction of sp³-hybridized carbons (Fsp3) is 0.915. The Kier molecular flexibility index (Phi) is 46.2. The Hall–Kier alpha value is -1.41. The Balaban J connectivity index is 2.24. The van der Waals surface area contributed by atoms with E-state index >= 15 is 0 Å². The highest BCUT2D eigenvalue weighted by molar-refractivity contribution is 5.80. The molecule has 1 rings (SSSR count). The summed E-state index contributed by atoms with van der Waals surface area (Å²) in [5.74, 6) is -0.704. The number of hydrogen-bond donors (Lipinski definition) is 8. The van der Waals surface area contributed by atoms with Gasteiger partial charge in [0, 0.05) is 0 Å². The van der Waals surface area contributed by atoms with Crippen LogP contribution in [-0.2, 0) is 14.3 Å². The lowest BCUT2D eigenvalue weighted by Gasteiger charge is -2.40. The van der Waals surface area contributed by atoms with Gasteiger partial charge in [-0.3, -0.25) is 4.79 Å². The summed E-state index contributed by atoms with van der Waals surface area (Å²) < 4.78 is 11.1. The molecule has 8 N–H and O–H groups in total. The number of rotatable bonds is 51. The Morgan fingerprint density at radius 2 is 0.843 bits per heavy atom. The van der Waals surface area contributed by atoms with E-state index in [-0.39, 0.29) is 12.8 Å². The first-order valence-electron chi connectivity index (χ1n) is 29.7. The van der Waals surface area contributed by atoms with Gasteiger partial charge >= 0.3 is 0 Å². The van der Waals surface area contributed by atoms with Crippen LogP contribution in [0, 0.1) is 0 Å². The summed E-state index contributed by atoms with van der Waals surface area (Å²) in [6, 6.07) is -1.18. The third-order valence-corrected chi connectivity index (χ3v) is 14.5. The molecule has 1 amide bonds. The Labute approximate surface area is 429 Å². The number of ether oxygens (including phenoxy) is 2. The number of aliphatic hydroxyl groups excluding tert-OH is 7. The molecule has 414 valence electrons. The van der Waals surface area contributed by atoms with Crippen LogP contribution in [0.4, 0.5) is 0 Å². The molecule has 0 spiro atoms. The summed E-state index contributed by atoms with van der Waals surface area (Å²) in [4.78, 5) is 13.2. The Morgan fingerprint density at radius 3 is 1.23 bits per heavy atom. The van der Waals surface area contributed by atoms with Crippen molar-refractivity contribution >= 4 is 5.91 Å². The first-order valence-corrected chi connectivity index (χ1v) is 29.7. The number of unbranched alkanes of at least 4 members (excludes halogenated alkanes) is 35. The van der Waals surface area contributed by atoms with Crippen LogP contribution in [0.2, 0.25) is 0 Å². The van der Waals surface area contributed by atoms with Crippen molar-refractivity contribution in [3.05, 3.63) is 24.3 Å². The molecule has 1 fully saturated rings. The van der Waals surface area contributed by atoms with Gasteiger partial charge in [-0.2, -0.15) is 0 Å². The summed E-state index contributed by atoms with van der Waals surface area (Å²) in [6.07, 6.45) is 46.8. The molecule has 9 atom stereocenters. The third kappa shape index (κ3) is 36.5. The van der Waals surface area contributed by atoms with Gasteiger partial charge in [-0.25, -0.2) is 0 Å². The molecule has 0 aliphatic carbocycles. The SMILES string of the molecule is CCCCCCCCCCC/C=C/CCCC(O)C(O)C(COC1OC(CO)C(O)C(O)C1O)NC(=O)C(O)CCCCCCCCCCCCCCC/C=C\CCCCCCCCCCCCCC. The zero-order valence-corrected chi connectivity index (χ0v) is 45.3. The van der Waals surface area contributed by atoms with Crippen molar-refractivity contribution in [2.45, 2.75) is 332 Å². The minimum absolute atomic E-state index is 0.256. The molecule has 11 nitrogen and oxygen atoms in total. The van der Waals surface area contributed by atoms with Gasteiger partial charge in [0.25, 0.3) is 0 Å². The van der Waals surface area contributed by atoms with Crippen LogP contribution in [0.25, 0.3) is 0 Å². The molecule has 1 aliphatic heterocycles. The van der Waals surface area contributed by atoms with Gasteiger partial charge in [-0.15, -0.1) is 0 Å². The number of nitrogens with one attached hydrogen (secondary N) is 1. The largest absolute Gasteiger partial charge is 0.394 e. The molecular formula is C59H113NO10. The van der Waals surface area contributed by atoms with Gasteiger partial charge in [0.15, 0.2) is 6.29 Å². The highest BCUT2D eigenvalue weighted by Gasteiger charge is 2.44. The number of carbonyl (C=O) groups excluding carboxylic acids is 1. The number of aliphatic hydroxyl groups is 7. The lowest BCUT2D eigenvalue weighted by Crippen LogP contribution is -2.60. The standard InChI is InChI=1S/C59H113NO10/c1-3-5-7-9-11-13-15-17-19-20-21-22-23-24-25-26-27-28-29-30-31-32-33-35-37-39-41-43-45-47-52(63)58(68)60-50(49-69-59-57(67)56(66)55(65)53(48-61)70-59)54(64)51(62)46-44-42-40-38-36-34-18-16-14-12-10-8-6-4-2/h24-25,38,40,50-57,59,61-67H,3-23,26-37,39,41-49H2,1-2H3,(H,60,68)/b25-24-,40-38+. The van der Waals surface area contributed by atoms with Crippen LogP contribution >= 0.6 is 0 Å². The van der Waals surface area contributed by atoms with Crippen molar-refractivity contribution in [1.82, 2.24) is 5.32 Å². The maximum Gasteiger partial charge on any atom is 0.249 e. The van der Waals surface area contributed by atoms with Gasteiger partial charge in [0.2, 0.25) is 5.91 Å². The van der Waals surface area contributed by atoms with E-state index < -0.39 is 74.2 Å². The summed E-state index contributed by atoms with van der Waals surface area (Å²) in [5, 5.41) is 76.0. The summed E-state index contributed by atoms with van der Waals surface area (Å²) in [6.45, 7) is 3.46. The number of allylic oxidation sites excluding steroid dienone is 4. The number of hydrogen-bond acceptors (Lipinski definition) is 10. The van der Waals surface area contributed by atoms with E-state index in [0.717, 1.165) is 38.5 Å². The molecule has 1 heterocycles.